The Kier molecular flexibility index (Phi) is 7.35. The molecule has 2 N–H and O–H groups in total. The van der Waals surface area contributed by atoms with Gasteiger partial charge in [-0.15, -0.1) is 0 Å². The van der Waals surface area contributed by atoms with Crippen molar-refractivity contribution >= 4 is 17.3 Å². The second kappa shape index (κ2) is 8.50. The van der Waals surface area contributed by atoms with Crippen LogP contribution in [-0.2, 0) is 6.42 Å². The number of anilines is 1. The second-order valence-electron chi connectivity index (χ2n) is 5.97. The lowest BCUT2D eigenvalue weighted by atomic mass is 10.1. The zero-order chi connectivity index (χ0) is 15.1. The first kappa shape index (κ1) is 17.3. The van der Waals surface area contributed by atoms with E-state index in [1.54, 1.807) is 0 Å². The molecule has 114 valence electrons. The minimum Gasteiger partial charge on any atom is -0.369 e. The molecule has 0 aliphatic heterocycles. The van der Waals surface area contributed by atoms with Crippen LogP contribution in [0.1, 0.15) is 19.4 Å². The maximum atomic E-state index is 6.46. The molecule has 1 aromatic rings. The topological polar surface area (TPSA) is 32.5 Å². The largest absolute Gasteiger partial charge is 0.369 e. The SMILES string of the molecule is CC(C)CN(CCN(C)C)c1ccc(CCN)cc1Cl. The lowest BCUT2D eigenvalue weighted by Crippen LogP contribution is -2.34. The highest BCUT2D eigenvalue weighted by molar-refractivity contribution is 6.33. The maximum Gasteiger partial charge on any atom is 0.0642 e. The van der Waals surface area contributed by atoms with Gasteiger partial charge in [-0.05, 0) is 50.7 Å². The summed E-state index contributed by atoms with van der Waals surface area (Å²) < 4.78 is 0. The van der Waals surface area contributed by atoms with Gasteiger partial charge in [0.1, 0.15) is 0 Å². The Balaban J connectivity index is 2.88. The van der Waals surface area contributed by atoms with Gasteiger partial charge in [0, 0.05) is 19.6 Å². The average Bonchev–Trinajstić information content (AvgIpc) is 2.35. The van der Waals surface area contributed by atoms with Crippen molar-refractivity contribution in [2.45, 2.75) is 20.3 Å². The molecule has 0 amide bonds. The van der Waals surface area contributed by atoms with E-state index >= 15 is 0 Å². The van der Waals surface area contributed by atoms with Crippen LogP contribution in [0.2, 0.25) is 5.02 Å². The lowest BCUT2D eigenvalue weighted by molar-refractivity contribution is 0.409. The molecule has 0 bridgehead atoms. The quantitative estimate of drug-likeness (QED) is 0.801. The molecule has 1 rings (SSSR count). The molecule has 0 saturated carbocycles. The summed E-state index contributed by atoms with van der Waals surface area (Å²) in [5.74, 6) is 0.608. The van der Waals surface area contributed by atoms with E-state index < -0.39 is 0 Å². The third kappa shape index (κ3) is 5.70. The van der Waals surface area contributed by atoms with Crippen molar-refractivity contribution < 1.29 is 0 Å². The Morgan fingerprint density at radius 1 is 1.20 bits per heavy atom. The molecule has 0 atom stereocenters. The summed E-state index contributed by atoms with van der Waals surface area (Å²) in [6.45, 7) is 8.16. The van der Waals surface area contributed by atoms with E-state index in [1.165, 1.54) is 5.56 Å². The molecule has 3 nitrogen and oxygen atoms in total. The molecular formula is C16H28ClN3. The predicted molar refractivity (Wildman–Crippen MR) is 89.8 cm³/mol. The van der Waals surface area contributed by atoms with Crippen molar-refractivity contribution in [2.75, 3.05) is 45.2 Å². The molecule has 0 unspecified atom stereocenters. The van der Waals surface area contributed by atoms with Gasteiger partial charge in [-0.25, -0.2) is 0 Å². The van der Waals surface area contributed by atoms with Crippen molar-refractivity contribution in [1.82, 2.24) is 4.90 Å². The van der Waals surface area contributed by atoms with E-state index in [4.69, 9.17) is 17.3 Å². The van der Waals surface area contributed by atoms with Crippen LogP contribution in [0.25, 0.3) is 0 Å². The van der Waals surface area contributed by atoms with E-state index in [0.717, 1.165) is 36.8 Å². The molecule has 0 heterocycles. The van der Waals surface area contributed by atoms with E-state index in [-0.39, 0.29) is 0 Å². The Hall–Kier alpha value is -0.770. The van der Waals surface area contributed by atoms with E-state index in [9.17, 15) is 0 Å². The second-order valence-corrected chi connectivity index (χ2v) is 6.37. The first-order chi connectivity index (χ1) is 9.43. The molecule has 4 heteroatoms. The van der Waals surface area contributed by atoms with Gasteiger partial charge in [0.2, 0.25) is 0 Å². The predicted octanol–water partition coefficient (Wildman–Crippen LogP) is 2.87. The Labute approximate surface area is 128 Å². The zero-order valence-electron chi connectivity index (χ0n) is 13.2. The van der Waals surface area contributed by atoms with Gasteiger partial charge in [0.25, 0.3) is 0 Å². The summed E-state index contributed by atoms with van der Waals surface area (Å²) in [6.07, 6.45) is 0.877. The van der Waals surface area contributed by atoms with Crippen LogP contribution in [0.5, 0.6) is 0 Å². The molecular weight excluding hydrogens is 270 g/mol. The van der Waals surface area contributed by atoms with E-state index in [0.29, 0.717) is 12.5 Å². The summed E-state index contributed by atoms with van der Waals surface area (Å²) >= 11 is 6.46. The molecule has 0 aliphatic carbocycles. The highest BCUT2D eigenvalue weighted by atomic mass is 35.5. The van der Waals surface area contributed by atoms with Crippen LogP contribution in [0, 0.1) is 5.92 Å². The number of rotatable bonds is 8. The third-order valence-electron chi connectivity index (χ3n) is 3.19. The first-order valence-electron chi connectivity index (χ1n) is 7.32. The van der Waals surface area contributed by atoms with Gasteiger partial charge < -0.3 is 15.5 Å². The fourth-order valence-corrected chi connectivity index (χ4v) is 2.52. The van der Waals surface area contributed by atoms with Crippen molar-refractivity contribution in [1.29, 1.82) is 0 Å². The van der Waals surface area contributed by atoms with Gasteiger partial charge in [-0.2, -0.15) is 0 Å². The minimum absolute atomic E-state index is 0.608. The van der Waals surface area contributed by atoms with Crippen molar-refractivity contribution in [3.05, 3.63) is 28.8 Å². The third-order valence-corrected chi connectivity index (χ3v) is 3.49. The molecule has 1 aromatic carbocycles. The number of halogens is 1. The number of nitrogens with two attached hydrogens (primary N) is 1. The normalized spacial score (nSPS) is 11.4. The van der Waals surface area contributed by atoms with E-state index in [2.05, 4.69) is 49.9 Å². The number of likely N-dealkylation sites (N-methyl/N-ethyl adjacent to an activating group) is 1. The molecule has 0 fully saturated rings. The number of nitrogens with zero attached hydrogens (tertiary/aromatic N) is 2. The van der Waals surface area contributed by atoms with Crippen molar-refractivity contribution in [3.8, 4) is 0 Å². The summed E-state index contributed by atoms with van der Waals surface area (Å²) in [5, 5.41) is 0.829. The molecule has 0 spiro atoms. The van der Waals surface area contributed by atoms with Gasteiger partial charge in [0.05, 0.1) is 10.7 Å². The Morgan fingerprint density at radius 3 is 2.40 bits per heavy atom. The number of hydrogen-bond acceptors (Lipinski definition) is 3. The molecule has 0 radical (unpaired) electrons. The van der Waals surface area contributed by atoms with Gasteiger partial charge >= 0.3 is 0 Å². The average molecular weight is 298 g/mol. The van der Waals surface area contributed by atoms with Crippen LogP contribution < -0.4 is 10.6 Å². The molecule has 20 heavy (non-hydrogen) atoms. The fourth-order valence-electron chi connectivity index (χ4n) is 2.20. The van der Waals surface area contributed by atoms with Gasteiger partial charge in [0.15, 0.2) is 0 Å². The summed E-state index contributed by atoms with van der Waals surface area (Å²) in [7, 11) is 4.19. The fraction of sp³-hybridized carbons (Fsp3) is 0.625. The van der Waals surface area contributed by atoms with Crippen LogP contribution in [0.15, 0.2) is 18.2 Å². The summed E-state index contributed by atoms with van der Waals surface area (Å²) in [4.78, 5) is 4.57. The maximum absolute atomic E-state index is 6.46. The van der Waals surface area contributed by atoms with Crippen LogP contribution in [0.3, 0.4) is 0 Å². The Bertz CT molecular complexity index is 405. The van der Waals surface area contributed by atoms with Crippen molar-refractivity contribution in [3.63, 3.8) is 0 Å². The molecule has 0 aromatic heterocycles. The molecule has 0 saturated heterocycles. The molecule has 0 aliphatic rings. The van der Waals surface area contributed by atoms with Crippen LogP contribution in [0.4, 0.5) is 5.69 Å². The summed E-state index contributed by atoms with van der Waals surface area (Å²) in [6, 6.07) is 6.31. The highest BCUT2D eigenvalue weighted by Gasteiger charge is 2.12. The first-order valence-corrected chi connectivity index (χ1v) is 7.70. The minimum atomic E-state index is 0.608. The van der Waals surface area contributed by atoms with E-state index in [1.807, 2.05) is 6.07 Å². The van der Waals surface area contributed by atoms with Crippen LogP contribution in [-0.4, -0.2) is 45.2 Å². The standard InChI is InChI=1S/C16H28ClN3/c1-13(2)12-20(10-9-19(3)4)16-6-5-14(7-8-18)11-15(16)17/h5-6,11,13H,7-10,12,18H2,1-4H3. The van der Waals surface area contributed by atoms with Gasteiger partial charge in [-0.3, -0.25) is 0 Å². The summed E-state index contributed by atoms with van der Waals surface area (Å²) in [5.41, 5.74) is 7.93. The smallest absolute Gasteiger partial charge is 0.0642 e. The van der Waals surface area contributed by atoms with Crippen LogP contribution >= 0.6 is 11.6 Å². The van der Waals surface area contributed by atoms with Crippen molar-refractivity contribution in [2.24, 2.45) is 11.7 Å². The number of hydrogen-bond donors (Lipinski definition) is 1. The lowest BCUT2D eigenvalue weighted by Gasteiger charge is -2.29. The monoisotopic (exact) mass is 297 g/mol. The van der Waals surface area contributed by atoms with Gasteiger partial charge in [-0.1, -0.05) is 31.5 Å². The zero-order valence-corrected chi connectivity index (χ0v) is 14.0. The number of benzene rings is 1. The highest BCUT2D eigenvalue weighted by Crippen LogP contribution is 2.27. The Morgan fingerprint density at radius 2 is 1.90 bits per heavy atom.